The molecule has 0 aliphatic carbocycles. The van der Waals surface area contributed by atoms with E-state index >= 15 is 0 Å². The van der Waals surface area contributed by atoms with Gasteiger partial charge in [0.05, 0.1) is 11.5 Å². The molecule has 0 spiro atoms. The highest BCUT2D eigenvalue weighted by Crippen LogP contribution is 2.45. The van der Waals surface area contributed by atoms with Crippen molar-refractivity contribution in [2.24, 2.45) is 17.3 Å². The summed E-state index contributed by atoms with van der Waals surface area (Å²) in [6.45, 7) is 6.61. The number of hydrogen-bond donors (Lipinski definition) is 1. The van der Waals surface area contributed by atoms with Gasteiger partial charge in [-0.3, -0.25) is 0 Å². The molecular formula is C15H29NO2S. The first-order valence-electron chi connectivity index (χ1n) is 7.92. The molecule has 4 heteroatoms. The van der Waals surface area contributed by atoms with Crippen LogP contribution in [0.15, 0.2) is 0 Å². The first-order valence-corrected chi connectivity index (χ1v) is 9.74. The Balaban J connectivity index is 1.98. The Kier molecular flexibility index (Phi) is 4.93. The van der Waals surface area contributed by atoms with Crippen molar-refractivity contribution in [1.29, 1.82) is 0 Å². The fourth-order valence-corrected chi connectivity index (χ4v) is 5.79. The van der Waals surface area contributed by atoms with Crippen LogP contribution in [0.1, 0.15) is 52.4 Å². The van der Waals surface area contributed by atoms with Crippen molar-refractivity contribution >= 4 is 9.84 Å². The van der Waals surface area contributed by atoms with Crippen molar-refractivity contribution in [2.75, 3.05) is 24.6 Å². The summed E-state index contributed by atoms with van der Waals surface area (Å²) in [5.41, 5.74) is 0.290. The van der Waals surface area contributed by atoms with Crippen molar-refractivity contribution in [3.8, 4) is 0 Å². The Bertz CT molecular complexity index is 387. The summed E-state index contributed by atoms with van der Waals surface area (Å²) >= 11 is 0. The zero-order chi connectivity index (χ0) is 13.9. The van der Waals surface area contributed by atoms with E-state index in [1.54, 1.807) is 0 Å². The maximum atomic E-state index is 11.7. The molecule has 0 aromatic rings. The molecule has 2 saturated heterocycles. The van der Waals surface area contributed by atoms with Gasteiger partial charge in [-0.05, 0) is 30.1 Å². The Hall–Kier alpha value is -0.0900. The van der Waals surface area contributed by atoms with E-state index in [2.05, 4.69) is 19.2 Å². The van der Waals surface area contributed by atoms with Crippen LogP contribution in [0.3, 0.4) is 0 Å². The van der Waals surface area contributed by atoms with Crippen LogP contribution in [0.4, 0.5) is 0 Å². The normalized spacial score (nSPS) is 29.9. The molecule has 112 valence electrons. The summed E-state index contributed by atoms with van der Waals surface area (Å²) in [5.74, 6) is 2.06. The molecule has 0 bridgehead atoms. The molecule has 19 heavy (non-hydrogen) atoms. The molecule has 2 fully saturated rings. The summed E-state index contributed by atoms with van der Waals surface area (Å²) < 4.78 is 23.5. The van der Waals surface area contributed by atoms with Crippen molar-refractivity contribution in [1.82, 2.24) is 5.32 Å². The molecule has 1 N–H and O–H groups in total. The highest BCUT2D eigenvalue weighted by atomic mass is 32.2. The molecule has 2 heterocycles. The molecule has 0 radical (unpaired) electrons. The first-order chi connectivity index (χ1) is 9.01. The second-order valence-corrected chi connectivity index (χ2v) is 8.92. The van der Waals surface area contributed by atoms with Gasteiger partial charge in [-0.2, -0.15) is 0 Å². The highest BCUT2D eigenvalue weighted by molar-refractivity contribution is 7.91. The van der Waals surface area contributed by atoms with Gasteiger partial charge in [0.25, 0.3) is 0 Å². The van der Waals surface area contributed by atoms with Crippen molar-refractivity contribution < 1.29 is 8.42 Å². The Labute approximate surface area is 118 Å². The van der Waals surface area contributed by atoms with Crippen LogP contribution in [-0.2, 0) is 9.84 Å². The molecule has 0 saturated carbocycles. The summed E-state index contributed by atoms with van der Waals surface area (Å²) in [6.07, 6.45) is 7.25. The summed E-state index contributed by atoms with van der Waals surface area (Å²) in [5, 5.41) is 3.40. The largest absolute Gasteiger partial charge is 0.316 e. The van der Waals surface area contributed by atoms with Gasteiger partial charge < -0.3 is 5.32 Å². The van der Waals surface area contributed by atoms with Crippen LogP contribution in [-0.4, -0.2) is 33.0 Å². The van der Waals surface area contributed by atoms with Gasteiger partial charge in [-0.1, -0.05) is 39.5 Å². The van der Waals surface area contributed by atoms with Gasteiger partial charge in [-0.25, -0.2) is 8.42 Å². The standard InChI is InChI=1S/C15H29NO2S/c1-3-5-6-13(4-2)9-15(11-16-12-15)14-7-8-19(17,18)10-14/h13-14,16H,3-12H2,1-2H3. The zero-order valence-corrected chi connectivity index (χ0v) is 13.3. The fraction of sp³-hybridized carbons (Fsp3) is 1.00. The number of rotatable bonds is 7. The third kappa shape index (κ3) is 3.52. The van der Waals surface area contributed by atoms with E-state index in [4.69, 9.17) is 0 Å². The van der Waals surface area contributed by atoms with Gasteiger partial charge in [-0.15, -0.1) is 0 Å². The van der Waals surface area contributed by atoms with E-state index in [0.29, 0.717) is 17.4 Å². The average Bonchev–Trinajstić information content (AvgIpc) is 2.68. The molecule has 0 aromatic heterocycles. The highest BCUT2D eigenvalue weighted by Gasteiger charge is 2.48. The molecule has 2 aliphatic rings. The number of sulfone groups is 1. The Morgan fingerprint density at radius 3 is 2.47 bits per heavy atom. The minimum absolute atomic E-state index is 0.290. The van der Waals surface area contributed by atoms with Gasteiger partial charge in [0.1, 0.15) is 0 Å². The fourth-order valence-electron chi connectivity index (χ4n) is 3.84. The van der Waals surface area contributed by atoms with E-state index in [1.165, 1.54) is 32.1 Å². The molecular weight excluding hydrogens is 258 g/mol. The second kappa shape index (κ2) is 6.13. The maximum Gasteiger partial charge on any atom is 0.150 e. The van der Waals surface area contributed by atoms with Crippen LogP contribution in [0.5, 0.6) is 0 Å². The van der Waals surface area contributed by atoms with E-state index in [0.717, 1.165) is 25.4 Å². The van der Waals surface area contributed by atoms with Crippen LogP contribution in [0.2, 0.25) is 0 Å². The van der Waals surface area contributed by atoms with Gasteiger partial charge in [0.2, 0.25) is 0 Å². The predicted octanol–water partition coefficient (Wildman–Crippen LogP) is 2.62. The van der Waals surface area contributed by atoms with Crippen LogP contribution < -0.4 is 5.32 Å². The second-order valence-electron chi connectivity index (χ2n) is 6.69. The number of unbranched alkanes of at least 4 members (excludes halogenated alkanes) is 1. The van der Waals surface area contributed by atoms with Crippen molar-refractivity contribution in [3.63, 3.8) is 0 Å². The van der Waals surface area contributed by atoms with Crippen LogP contribution in [0, 0.1) is 17.3 Å². The summed E-state index contributed by atoms with van der Waals surface area (Å²) in [7, 11) is -2.74. The van der Waals surface area contributed by atoms with Gasteiger partial charge in [0.15, 0.2) is 9.84 Å². The van der Waals surface area contributed by atoms with Gasteiger partial charge in [0, 0.05) is 13.1 Å². The van der Waals surface area contributed by atoms with Crippen molar-refractivity contribution in [3.05, 3.63) is 0 Å². The SMILES string of the molecule is CCCCC(CC)CC1(C2CCS(=O)(=O)C2)CNC1. The molecule has 2 aliphatic heterocycles. The average molecular weight is 287 g/mol. The molecule has 2 unspecified atom stereocenters. The lowest BCUT2D eigenvalue weighted by molar-refractivity contribution is 0.0556. The van der Waals surface area contributed by atoms with E-state index in [9.17, 15) is 8.42 Å². The van der Waals surface area contributed by atoms with E-state index < -0.39 is 9.84 Å². The number of nitrogens with one attached hydrogen (secondary N) is 1. The summed E-state index contributed by atoms with van der Waals surface area (Å²) in [4.78, 5) is 0. The number of hydrogen-bond acceptors (Lipinski definition) is 3. The van der Waals surface area contributed by atoms with E-state index in [-0.39, 0.29) is 5.41 Å². The molecule has 0 aromatic carbocycles. The lowest BCUT2D eigenvalue weighted by Gasteiger charge is -2.49. The first kappa shape index (κ1) is 15.3. The quantitative estimate of drug-likeness (QED) is 0.783. The smallest absolute Gasteiger partial charge is 0.150 e. The van der Waals surface area contributed by atoms with Crippen molar-refractivity contribution in [2.45, 2.75) is 52.4 Å². The van der Waals surface area contributed by atoms with Crippen LogP contribution >= 0.6 is 0 Å². The minimum atomic E-state index is -2.74. The molecule has 3 nitrogen and oxygen atoms in total. The molecule has 2 atom stereocenters. The molecule has 2 rings (SSSR count). The zero-order valence-electron chi connectivity index (χ0n) is 12.5. The minimum Gasteiger partial charge on any atom is -0.316 e. The monoisotopic (exact) mass is 287 g/mol. The maximum absolute atomic E-state index is 11.7. The lowest BCUT2D eigenvalue weighted by atomic mass is 9.64. The lowest BCUT2D eigenvalue weighted by Crippen LogP contribution is -2.58. The summed E-state index contributed by atoms with van der Waals surface area (Å²) in [6, 6.07) is 0. The Morgan fingerprint density at radius 1 is 1.32 bits per heavy atom. The van der Waals surface area contributed by atoms with E-state index in [1.807, 2.05) is 0 Å². The third-order valence-electron chi connectivity index (χ3n) is 5.29. The van der Waals surface area contributed by atoms with Gasteiger partial charge >= 0.3 is 0 Å². The third-order valence-corrected chi connectivity index (χ3v) is 7.06. The molecule has 0 amide bonds. The van der Waals surface area contributed by atoms with Crippen LogP contribution in [0.25, 0.3) is 0 Å². The topological polar surface area (TPSA) is 46.2 Å². The Morgan fingerprint density at radius 2 is 2.05 bits per heavy atom. The predicted molar refractivity (Wildman–Crippen MR) is 80.0 cm³/mol.